The van der Waals surface area contributed by atoms with Crippen LogP contribution < -0.4 is 0 Å². The summed E-state index contributed by atoms with van der Waals surface area (Å²) in [6.45, 7) is 4.15. The summed E-state index contributed by atoms with van der Waals surface area (Å²) in [7, 11) is 0. The summed E-state index contributed by atoms with van der Waals surface area (Å²) in [5.41, 5.74) is 2.29. The Bertz CT molecular complexity index is 462. The van der Waals surface area contributed by atoms with Crippen LogP contribution in [0.1, 0.15) is 9.88 Å². The topological polar surface area (TPSA) is 12.9 Å². The van der Waals surface area contributed by atoms with Crippen molar-refractivity contribution in [3.63, 3.8) is 0 Å². The average Bonchev–Trinajstić information content (AvgIpc) is 2.45. The van der Waals surface area contributed by atoms with E-state index < -0.39 is 0 Å². The lowest BCUT2D eigenvalue weighted by molar-refractivity contribution is 1.28. The highest BCUT2D eigenvalue weighted by Gasteiger charge is 2.06. The summed E-state index contributed by atoms with van der Waals surface area (Å²) in [5.74, 6) is 0. The van der Waals surface area contributed by atoms with Gasteiger partial charge in [0.1, 0.15) is 0 Å². The average molecular weight is 268 g/mol. The molecule has 0 fully saturated rings. The van der Waals surface area contributed by atoms with Gasteiger partial charge in [0.15, 0.2) is 0 Å². The van der Waals surface area contributed by atoms with Gasteiger partial charge >= 0.3 is 0 Å². The summed E-state index contributed by atoms with van der Waals surface area (Å²) in [5, 5.41) is 1.12. The van der Waals surface area contributed by atoms with Crippen LogP contribution in [0.15, 0.2) is 28.7 Å². The zero-order valence-electron chi connectivity index (χ0n) is 8.04. The molecule has 0 radical (unpaired) electrons. The van der Waals surface area contributed by atoms with Crippen LogP contribution in [0.3, 0.4) is 0 Å². The maximum Gasteiger partial charge on any atom is 0.0904 e. The van der Waals surface area contributed by atoms with Crippen LogP contribution in [0.2, 0.25) is 0 Å². The lowest BCUT2D eigenvalue weighted by atomic mass is 10.1. The second-order valence-corrected chi connectivity index (χ2v) is 5.47. The highest BCUT2D eigenvalue weighted by Crippen LogP contribution is 2.28. The van der Waals surface area contributed by atoms with E-state index in [1.807, 2.05) is 19.1 Å². The number of aromatic nitrogens is 1. The molecule has 0 saturated heterocycles. The van der Waals surface area contributed by atoms with Gasteiger partial charge in [0, 0.05) is 14.9 Å². The van der Waals surface area contributed by atoms with Gasteiger partial charge < -0.3 is 0 Å². The first kappa shape index (κ1) is 9.87. The fraction of sp³-hybridized carbons (Fsp3) is 0.182. The van der Waals surface area contributed by atoms with Crippen molar-refractivity contribution in [2.45, 2.75) is 13.8 Å². The van der Waals surface area contributed by atoms with Crippen molar-refractivity contribution in [1.29, 1.82) is 0 Å². The Hall–Kier alpha value is -0.670. The molecule has 1 aromatic heterocycles. The summed E-state index contributed by atoms with van der Waals surface area (Å²) in [6, 6.07) is 8.25. The Labute approximate surface area is 95.9 Å². The van der Waals surface area contributed by atoms with Crippen molar-refractivity contribution in [2.24, 2.45) is 0 Å². The molecule has 3 heteroatoms. The number of aryl methyl sites for hydroxylation is 2. The van der Waals surface area contributed by atoms with E-state index in [4.69, 9.17) is 0 Å². The highest BCUT2D eigenvalue weighted by molar-refractivity contribution is 9.10. The lowest BCUT2D eigenvalue weighted by Gasteiger charge is -1.98. The molecule has 0 bridgehead atoms. The van der Waals surface area contributed by atoms with Crippen LogP contribution in [-0.4, -0.2) is 4.98 Å². The van der Waals surface area contributed by atoms with Crippen LogP contribution >= 0.6 is 27.3 Å². The third-order valence-electron chi connectivity index (χ3n) is 2.00. The lowest BCUT2D eigenvalue weighted by Crippen LogP contribution is -1.80. The minimum Gasteiger partial charge on any atom is -0.241 e. The molecule has 0 aliphatic carbocycles. The minimum absolute atomic E-state index is 1.10. The fourth-order valence-electron chi connectivity index (χ4n) is 1.43. The zero-order valence-corrected chi connectivity index (χ0v) is 10.4. The van der Waals surface area contributed by atoms with Crippen LogP contribution in [0, 0.1) is 13.8 Å². The molecule has 0 aliphatic rings. The molecule has 0 amide bonds. The molecule has 0 atom stereocenters. The molecule has 2 aromatic rings. The molecule has 0 aliphatic heterocycles. The first-order chi connectivity index (χ1) is 6.66. The Morgan fingerprint density at radius 1 is 1.29 bits per heavy atom. The predicted octanol–water partition coefficient (Wildman–Crippen LogP) is 4.19. The summed E-state index contributed by atoms with van der Waals surface area (Å²) >= 11 is 5.21. The van der Waals surface area contributed by atoms with Crippen molar-refractivity contribution in [3.05, 3.63) is 38.6 Å². The van der Waals surface area contributed by atoms with Crippen LogP contribution in [0.4, 0.5) is 0 Å². The Morgan fingerprint density at radius 2 is 2.07 bits per heavy atom. The number of hydrogen-bond acceptors (Lipinski definition) is 2. The summed E-state index contributed by atoms with van der Waals surface area (Å²) < 4.78 is 1.10. The van der Waals surface area contributed by atoms with Crippen molar-refractivity contribution in [1.82, 2.24) is 4.98 Å². The van der Waals surface area contributed by atoms with Gasteiger partial charge in [-0.1, -0.05) is 28.1 Å². The predicted molar refractivity (Wildman–Crippen MR) is 64.7 cm³/mol. The van der Waals surface area contributed by atoms with E-state index in [0.717, 1.165) is 15.2 Å². The first-order valence-electron chi connectivity index (χ1n) is 4.37. The Balaban J connectivity index is 2.54. The van der Waals surface area contributed by atoms with Crippen LogP contribution in [0.5, 0.6) is 0 Å². The molecule has 1 heterocycles. The van der Waals surface area contributed by atoms with Crippen molar-refractivity contribution >= 4 is 27.3 Å². The number of rotatable bonds is 1. The number of halogens is 1. The van der Waals surface area contributed by atoms with Crippen LogP contribution in [0.25, 0.3) is 11.3 Å². The third kappa shape index (κ3) is 1.88. The largest absolute Gasteiger partial charge is 0.241 e. The summed E-state index contributed by atoms with van der Waals surface area (Å²) in [6.07, 6.45) is 0. The summed E-state index contributed by atoms with van der Waals surface area (Å²) in [4.78, 5) is 5.80. The molecule has 72 valence electrons. The van der Waals surface area contributed by atoms with Gasteiger partial charge in [-0.15, -0.1) is 11.3 Å². The SMILES string of the molecule is Cc1nc(-c2cccc(Br)c2)c(C)s1. The quantitative estimate of drug-likeness (QED) is 0.755. The van der Waals surface area contributed by atoms with Gasteiger partial charge in [-0.05, 0) is 26.0 Å². The normalized spacial score (nSPS) is 10.5. The van der Waals surface area contributed by atoms with Gasteiger partial charge in [-0.3, -0.25) is 0 Å². The van der Waals surface area contributed by atoms with Gasteiger partial charge in [0.25, 0.3) is 0 Å². The maximum atomic E-state index is 4.52. The molecule has 0 N–H and O–H groups in total. The Morgan fingerprint density at radius 3 is 2.64 bits per heavy atom. The number of benzene rings is 1. The molecule has 2 rings (SSSR count). The molecular formula is C11H10BrNS. The van der Waals surface area contributed by atoms with Gasteiger partial charge in [-0.25, -0.2) is 4.98 Å². The van der Waals surface area contributed by atoms with Crippen molar-refractivity contribution in [2.75, 3.05) is 0 Å². The van der Waals surface area contributed by atoms with Crippen molar-refractivity contribution in [3.8, 4) is 11.3 Å². The standard InChI is InChI=1S/C11H10BrNS/c1-7-11(13-8(2)14-7)9-4-3-5-10(12)6-9/h3-6H,1-2H3. The molecule has 0 saturated carbocycles. The first-order valence-corrected chi connectivity index (χ1v) is 5.98. The van der Waals surface area contributed by atoms with Crippen molar-refractivity contribution < 1.29 is 0 Å². The molecule has 1 aromatic carbocycles. The van der Waals surface area contributed by atoms with E-state index >= 15 is 0 Å². The van der Waals surface area contributed by atoms with E-state index in [2.05, 4.69) is 40.0 Å². The molecular weight excluding hydrogens is 258 g/mol. The third-order valence-corrected chi connectivity index (χ3v) is 3.38. The molecule has 0 spiro atoms. The Kier molecular flexibility index (Phi) is 2.70. The van der Waals surface area contributed by atoms with E-state index in [1.54, 1.807) is 11.3 Å². The van der Waals surface area contributed by atoms with E-state index in [1.165, 1.54) is 10.4 Å². The second kappa shape index (κ2) is 3.83. The smallest absolute Gasteiger partial charge is 0.0904 e. The number of hydrogen-bond donors (Lipinski definition) is 0. The van der Waals surface area contributed by atoms with Gasteiger partial charge in [-0.2, -0.15) is 0 Å². The monoisotopic (exact) mass is 267 g/mol. The second-order valence-electron chi connectivity index (χ2n) is 3.15. The minimum atomic E-state index is 1.10. The number of thiazole rings is 1. The van der Waals surface area contributed by atoms with Gasteiger partial charge in [0.05, 0.1) is 10.7 Å². The number of nitrogens with zero attached hydrogens (tertiary/aromatic N) is 1. The van der Waals surface area contributed by atoms with E-state index in [0.29, 0.717) is 0 Å². The molecule has 14 heavy (non-hydrogen) atoms. The van der Waals surface area contributed by atoms with Gasteiger partial charge in [0.2, 0.25) is 0 Å². The fourth-order valence-corrected chi connectivity index (χ4v) is 2.67. The molecule has 1 nitrogen and oxygen atoms in total. The molecule has 0 unspecified atom stereocenters. The maximum absolute atomic E-state index is 4.52. The van der Waals surface area contributed by atoms with Crippen LogP contribution in [-0.2, 0) is 0 Å². The zero-order chi connectivity index (χ0) is 10.1. The van der Waals surface area contributed by atoms with E-state index in [9.17, 15) is 0 Å². The van der Waals surface area contributed by atoms with E-state index in [-0.39, 0.29) is 0 Å². The highest BCUT2D eigenvalue weighted by atomic mass is 79.9.